The Morgan fingerprint density at radius 1 is 1.44 bits per heavy atom. The summed E-state index contributed by atoms with van der Waals surface area (Å²) in [6.07, 6.45) is 3.41. The van der Waals surface area contributed by atoms with Crippen molar-refractivity contribution in [2.45, 2.75) is 58.2 Å². The minimum absolute atomic E-state index is 0.0241. The summed E-state index contributed by atoms with van der Waals surface area (Å²) in [7, 11) is 1.94. The molecule has 0 saturated carbocycles. The predicted molar refractivity (Wildman–Crippen MR) is 96.6 cm³/mol. The van der Waals surface area contributed by atoms with Crippen LogP contribution in [0.25, 0.3) is 0 Å². The lowest BCUT2D eigenvalue weighted by Crippen LogP contribution is -2.51. The molecule has 2 fully saturated rings. The number of aromatic nitrogens is 2. The number of fused-ring (bicyclic) bond motifs is 1. The van der Waals surface area contributed by atoms with E-state index in [9.17, 15) is 4.79 Å². The van der Waals surface area contributed by atoms with Gasteiger partial charge in [-0.3, -0.25) is 9.58 Å². The number of urea groups is 1. The molecule has 7 heteroatoms. The Balaban J connectivity index is 1.51. The van der Waals surface area contributed by atoms with Crippen LogP contribution in [0.4, 0.5) is 4.79 Å². The van der Waals surface area contributed by atoms with Crippen LogP contribution in [0.15, 0.2) is 0 Å². The van der Waals surface area contributed by atoms with E-state index in [4.69, 9.17) is 4.74 Å². The maximum atomic E-state index is 12.4. The highest BCUT2D eigenvalue weighted by Gasteiger charge is 2.32. The predicted octanol–water partition coefficient (Wildman–Crippen LogP) is 1.65. The van der Waals surface area contributed by atoms with Crippen molar-refractivity contribution < 1.29 is 9.53 Å². The summed E-state index contributed by atoms with van der Waals surface area (Å²) in [4.78, 5) is 14.9. The minimum atomic E-state index is -0.137. The summed E-state index contributed by atoms with van der Waals surface area (Å²) in [5.74, 6) is 0. The molecule has 1 aromatic rings. The number of morpholine rings is 1. The molecule has 25 heavy (non-hydrogen) atoms. The molecule has 3 rings (SSSR count). The molecule has 0 unspecified atom stereocenters. The zero-order chi connectivity index (χ0) is 18.0. The third-order valence-corrected chi connectivity index (χ3v) is 5.58. The van der Waals surface area contributed by atoms with Crippen LogP contribution in [0.5, 0.6) is 0 Å². The van der Waals surface area contributed by atoms with E-state index in [0.29, 0.717) is 12.6 Å². The number of amides is 2. The van der Waals surface area contributed by atoms with Gasteiger partial charge in [-0.05, 0) is 39.7 Å². The second-order valence-corrected chi connectivity index (χ2v) is 7.27. The van der Waals surface area contributed by atoms with Crippen LogP contribution in [0.2, 0.25) is 0 Å². The van der Waals surface area contributed by atoms with Crippen molar-refractivity contribution in [3.05, 3.63) is 17.0 Å². The number of ether oxygens (including phenoxy) is 1. The molecule has 0 aromatic carbocycles. The SMILES string of the molecule is CC[C@H](NC(=O)NC[C@@H]1CN2CCC[C@@H]2CO1)c1c(C)nn(C)c1C. The fourth-order valence-electron chi connectivity index (χ4n) is 4.10. The molecule has 2 aliphatic rings. The third-order valence-electron chi connectivity index (χ3n) is 5.58. The molecule has 2 saturated heterocycles. The van der Waals surface area contributed by atoms with E-state index in [1.54, 1.807) is 0 Å². The highest BCUT2D eigenvalue weighted by molar-refractivity contribution is 5.74. The maximum Gasteiger partial charge on any atom is 0.315 e. The third kappa shape index (κ3) is 3.98. The summed E-state index contributed by atoms with van der Waals surface area (Å²) in [5, 5.41) is 10.5. The van der Waals surface area contributed by atoms with E-state index in [-0.39, 0.29) is 18.2 Å². The smallest absolute Gasteiger partial charge is 0.315 e. The molecule has 0 bridgehead atoms. The van der Waals surface area contributed by atoms with Gasteiger partial charge in [-0.2, -0.15) is 5.10 Å². The van der Waals surface area contributed by atoms with Gasteiger partial charge < -0.3 is 15.4 Å². The van der Waals surface area contributed by atoms with Gasteiger partial charge in [-0.25, -0.2) is 4.79 Å². The first-order chi connectivity index (χ1) is 12.0. The first-order valence-corrected chi connectivity index (χ1v) is 9.39. The van der Waals surface area contributed by atoms with Gasteiger partial charge in [0.05, 0.1) is 24.4 Å². The van der Waals surface area contributed by atoms with Crippen molar-refractivity contribution in [3.63, 3.8) is 0 Å². The van der Waals surface area contributed by atoms with Gasteiger partial charge in [-0.15, -0.1) is 0 Å². The second kappa shape index (κ2) is 7.74. The molecule has 0 radical (unpaired) electrons. The lowest BCUT2D eigenvalue weighted by Gasteiger charge is -2.35. The molecule has 2 amide bonds. The molecule has 0 aliphatic carbocycles. The molecular formula is C18H31N5O2. The fourth-order valence-corrected chi connectivity index (χ4v) is 4.10. The first kappa shape index (κ1) is 18.2. The van der Waals surface area contributed by atoms with Crippen LogP contribution >= 0.6 is 0 Å². The molecule has 1 aromatic heterocycles. The molecule has 7 nitrogen and oxygen atoms in total. The fraction of sp³-hybridized carbons (Fsp3) is 0.778. The Labute approximate surface area is 150 Å². The lowest BCUT2D eigenvalue weighted by molar-refractivity contribution is -0.0458. The van der Waals surface area contributed by atoms with Crippen molar-refractivity contribution in [1.29, 1.82) is 0 Å². The van der Waals surface area contributed by atoms with Crippen LogP contribution in [0, 0.1) is 13.8 Å². The van der Waals surface area contributed by atoms with Crippen LogP contribution in [0.1, 0.15) is 49.2 Å². The summed E-state index contributed by atoms with van der Waals surface area (Å²) < 4.78 is 7.77. The van der Waals surface area contributed by atoms with Gasteiger partial charge in [-0.1, -0.05) is 6.92 Å². The molecule has 0 spiro atoms. The standard InChI is InChI=1S/C18H31N5O2/c1-5-16(17-12(2)21-22(4)13(17)3)20-18(24)19-9-15-10-23-8-6-7-14(23)11-25-15/h14-16H,5-11H2,1-4H3,(H2,19,20,24)/t14-,15-,16+/m1/s1. The van der Waals surface area contributed by atoms with Gasteiger partial charge in [0, 0.05) is 37.4 Å². The number of carbonyl (C=O) groups is 1. The Bertz CT molecular complexity index is 615. The Morgan fingerprint density at radius 2 is 2.24 bits per heavy atom. The van der Waals surface area contributed by atoms with E-state index >= 15 is 0 Å². The normalized spacial score (nSPS) is 24.8. The number of nitrogens with one attached hydrogen (secondary N) is 2. The van der Waals surface area contributed by atoms with E-state index in [1.807, 2.05) is 25.6 Å². The molecule has 140 valence electrons. The maximum absolute atomic E-state index is 12.4. The molecule has 2 N–H and O–H groups in total. The van der Waals surface area contributed by atoms with E-state index in [2.05, 4.69) is 27.6 Å². The Kier molecular flexibility index (Phi) is 5.64. The van der Waals surface area contributed by atoms with Crippen molar-refractivity contribution in [2.24, 2.45) is 7.05 Å². The van der Waals surface area contributed by atoms with Gasteiger partial charge in [0.25, 0.3) is 0 Å². The topological polar surface area (TPSA) is 71.4 Å². The average molecular weight is 349 g/mol. The minimum Gasteiger partial charge on any atom is -0.373 e. The zero-order valence-corrected chi connectivity index (χ0v) is 15.8. The van der Waals surface area contributed by atoms with E-state index in [1.165, 1.54) is 12.8 Å². The highest BCUT2D eigenvalue weighted by Crippen LogP contribution is 2.24. The van der Waals surface area contributed by atoms with Gasteiger partial charge >= 0.3 is 6.03 Å². The monoisotopic (exact) mass is 349 g/mol. The summed E-state index contributed by atoms with van der Waals surface area (Å²) >= 11 is 0. The first-order valence-electron chi connectivity index (χ1n) is 9.39. The van der Waals surface area contributed by atoms with Crippen LogP contribution < -0.4 is 10.6 Å². The second-order valence-electron chi connectivity index (χ2n) is 7.27. The van der Waals surface area contributed by atoms with Crippen molar-refractivity contribution in [2.75, 3.05) is 26.2 Å². The van der Waals surface area contributed by atoms with Gasteiger partial charge in [0.1, 0.15) is 0 Å². The molecule has 3 atom stereocenters. The lowest BCUT2D eigenvalue weighted by atomic mass is 10.0. The van der Waals surface area contributed by atoms with Gasteiger partial charge in [0.2, 0.25) is 0 Å². The van der Waals surface area contributed by atoms with Gasteiger partial charge in [0.15, 0.2) is 0 Å². The largest absolute Gasteiger partial charge is 0.373 e. The van der Waals surface area contributed by atoms with Crippen molar-refractivity contribution in [1.82, 2.24) is 25.3 Å². The molecular weight excluding hydrogens is 318 g/mol. The number of hydrogen-bond acceptors (Lipinski definition) is 4. The molecule has 2 aliphatic heterocycles. The van der Waals surface area contributed by atoms with Crippen LogP contribution in [-0.2, 0) is 11.8 Å². The highest BCUT2D eigenvalue weighted by atomic mass is 16.5. The van der Waals surface area contributed by atoms with Crippen molar-refractivity contribution in [3.8, 4) is 0 Å². The van der Waals surface area contributed by atoms with Crippen LogP contribution in [0.3, 0.4) is 0 Å². The van der Waals surface area contributed by atoms with E-state index in [0.717, 1.165) is 43.1 Å². The van der Waals surface area contributed by atoms with E-state index < -0.39 is 0 Å². The Morgan fingerprint density at radius 3 is 2.92 bits per heavy atom. The summed E-state index contributed by atoms with van der Waals surface area (Å²) in [6, 6.07) is 0.427. The zero-order valence-electron chi connectivity index (χ0n) is 15.8. The number of hydrogen-bond donors (Lipinski definition) is 2. The number of nitrogens with zero attached hydrogens (tertiary/aromatic N) is 3. The average Bonchev–Trinajstić information content (AvgIpc) is 3.15. The van der Waals surface area contributed by atoms with Crippen LogP contribution in [-0.4, -0.2) is 59.1 Å². The number of carbonyl (C=O) groups excluding carboxylic acids is 1. The summed E-state index contributed by atoms with van der Waals surface area (Å²) in [6.45, 7) is 9.54. The quantitative estimate of drug-likeness (QED) is 0.848. The molecule has 3 heterocycles. The summed E-state index contributed by atoms with van der Waals surface area (Å²) in [5.41, 5.74) is 3.19. The number of aryl methyl sites for hydroxylation is 2. The van der Waals surface area contributed by atoms with Crippen molar-refractivity contribution >= 4 is 6.03 Å². The Hall–Kier alpha value is -1.60. The number of rotatable bonds is 5.